The fourth-order valence-corrected chi connectivity index (χ4v) is 1.33. The summed E-state index contributed by atoms with van der Waals surface area (Å²) >= 11 is 5.95. The summed E-state index contributed by atoms with van der Waals surface area (Å²) < 4.78 is 1.41. The van der Waals surface area contributed by atoms with Crippen molar-refractivity contribution < 1.29 is 0 Å². The van der Waals surface area contributed by atoms with Crippen LogP contribution in [0, 0.1) is 11.3 Å². The number of hydrogen-bond acceptors (Lipinski definition) is 3. The zero-order chi connectivity index (χ0) is 9.97. The van der Waals surface area contributed by atoms with Gasteiger partial charge in [0.2, 0.25) is 5.82 Å². The molecule has 1 aromatic heterocycles. The number of aromatic nitrogens is 3. The molecule has 4 nitrogen and oxygen atoms in total. The molecule has 68 valence electrons. The van der Waals surface area contributed by atoms with Crippen molar-refractivity contribution in [2.75, 3.05) is 0 Å². The Morgan fingerprint density at radius 2 is 2.14 bits per heavy atom. The van der Waals surface area contributed by atoms with Crippen molar-refractivity contribution >= 4 is 11.6 Å². The normalized spacial score (nSPS) is 9.71. The van der Waals surface area contributed by atoms with Crippen LogP contribution in [0.15, 0.2) is 30.6 Å². The quantitative estimate of drug-likeness (QED) is 0.712. The minimum Gasteiger partial charge on any atom is -0.205 e. The van der Waals surface area contributed by atoms with E-state index in [0.29, 0.717) is 10.7 Å². The topological polar surface area (TPSA) is 54.5 Å². The monoisotopic (exact) mass is 204 g/mol. The van der Waals surface area contributed by atoms with Crippen molar-refractivity contribution in [3.05, 3.63) is 41.4 Å². The standard InChI is InChI=1S/C9H5ClN4/c10-7-3-1-2-4-8(7)14-9(5-11)12-6-13-14/h1-4,6H. The average Bonchev–Trinajstić information content (AvgIpc) is 2.66. The van der Waals surface area contributed by atoms with Crippen LogP contribution in [0.1, 0.15) is 5.82 Å². The molecule has 1 heterocycles. The maximum atomic E-state index is 8.74. The van der Waals surface area contributed by atoms with Crippen LogP contribution in [0.4, 0.5) is 0 Å². The zero-order valence-corrected chi connectivity index (χ0v) is 7.81. The van der Waals surface area contributed by atoms with Crippen molar-refractivity contribution in [2.24, 2.45) is 0 Å². The first-order chi connectivity index (χ1) is 6.83. The molecule has 0 atom stereocenters. The second kappa shape index (κ2) is 3.48. The molecule has 2 aromatic rings. The number of para-hydroxylation sites is 1. The third-order valence-corrected chi connectivity index (χ3v) is 2.05. The molecule has 5 heteroatoms. The Labute approximate surface area is 85.4 Å². The van der Waals surface area contributed by atoms with Crippen molar-refractivity contribution in [3.63, 3.8) is 0 Å². The van der Waals surface area contributed by atoms with Crippen LogP contribution in [-0.2, 0) is 0 Å². The predicted octanol–water partition coefficient (Wildman–Crippen LogP) is 1.79. The molecule has 0 fully saturated rings. The molecule has 0 saturated carbocycles. The SMILES string of the molecule is N#Cc1ncnn1-c1ccccc1Cl. The highest BCUT2D eigenvalue weighted by atomic mass is 35.5. The average molecular weight is 205 g/mol. The molecular formula is C9H5ClN4. The summed E-state index contributed by atoms with van der Waals surface area (Å²) in [5.74, 6) is 0.220. The van der Waals surface area contributed by atoms with Gasteiger partial charge in [0.05, 0.1) is 10.7 Å². The minimum absolute atomic E-state index is 0.220. The summed E-state index contributed by atoms with van der Waals surface area (Å²) in [6, 6.07) is 9.08. The third-order valence-electron chi connectivity index (χ3n) is 1.73. The van der Waals surface area contributed by atoms with E-state index in [1.54, 1.807) is 12.1 Å². The number of rotatable bonds is 1. The first-order valence-corrected chi connectivity index (χ1v) is 4.26. The van der Waals surface area contributed by atoms with Crippen LogP contribution in [0.3, 0.4) is 0 Å². The van der Waals surface area contributed by atoms with E-state index in [2.05, 4.69) is 10.1 Å². The highest BCUT2D eigenvalue weighted by Gasteiger charge is 2.07. The lowest BCUT2D eigenvalue weighted by atomic mass is 10.3. The van der Waals surface area contributed by atoms with E-state index < -0.39 is 0 Å². The Bertz CT molecular complexity index is 498. The first kappa shape index (κ1) is 8.73. The Balaban J connectivity index is 2.62. The van der Waals surface area contributed by atoms with Crippen LogP contribution < -0.4 is 0 Å². The smallest absolute Gasteiger partial charge is 0.205 e. The van der Waals surface area contributed by atoms with Crippen molar-refractivity contribution in [2.45, 2.75) is 0 Å². The van der Waals surface area contributed by atoms with Crippen molar-refractivity contribution in [3.8, 4) is 11.8 Å². The lowest BCUT2D eigenvalue weighted by Gasteiger charge is -2.02. The number of hydrogen-bond donors (Lipinski definition) is 0. The Morgan fingerprint density at radius 1 is 1.36 bits per heavy atom. The van der Waals surface area contributed by atoms with Crippen LogP contribution in [0.5, 0.6) is 0 Å². The largest absolute Gasteiger partial charge is 0.235 e. The predicted molar refractivity (Wildman–Crippen MR) is 51.1 cm³/mol. The van der Waals surface area contributed by atoms with Gasteiger partial charge in [-0.3, -0.25) is 0 Å². The summed E-state index contributed by atoms with van der Waals surface area (Å²) in [6.45, 7) is 0. The van der Waals surface area contributed by atoms with Gasteiger partial charge in [0.25, 0.3) is 0 Å². The van der Waals surface area contributed by atoms with Gasteiger partial charge < -0.3 is 0 Å². The highest BCUT2D eigenvalue weighted by Crippen LogP contribution is 2.19. The molecule has 0 amide bonds. The molecule has 0 unspecified atom stereocenters. The minimum atomic E-state index is 0.220. The number of nitriles is 1. The maximum Gasteiger partial charge on any atom is 0.235 e. The molecule has 14 heavy (non-hydrogen) atoms. The number of benzene rings is 1. The molecule has 0 aliphatic rings. The van der Waals surface area contributed by atoms with E-state index in [4.69, 9.17) is 16.9 Å². The van der Waals surface area contributed by atoms with E-state index >= 15 is 0 Å². The second-order valence-corrected chi connectivity index (χ2v) is 2.97. The van der Waals surface area contributed by atoms with Crippen LogP contribution in [0.25, 0.3) is 5.69 Å². The van der Waals surface area contributed by atoms with Gasteiger partial charge in [0, 0.05) is 0 Å². The van der Waals surface area contributed by atoms with Gasteiger partial charge in [-0.15, -0.1) is 0 Å². The molecule has 2 rings (SSSR count). The zero-order valence-electron chi connectivity index (χ0n) is 7.05. The van der Waals surface area contributed by atoms with Gasteiger partial charge in [0.15, 0.2) is 0 Å². The van der Waals surface area contributed by atoms with Gasteiger partial charge in [0.1, 0.15) is 12.4 Å². The first-order valence-electron chi connectivity index (χ1n) is 3.88. The summed E-state index contributed by atoms with van der Waals surface area (Å²) in [7, 11) is 0. The molecule has 0 bridgehead atoms. The van der Waals surface area contributed by atoms with Gasteiger partial charge in [-0.25, -0.2) is 9.67 Å². The summed E-state index contributed by atoms with van der Waals surface area (Å²) in [6.07, 6.45) is 1.32. The maximum absolute atomic E-state index is 8.74. The van der Waals surface area contributed by atoms with Crippen molar-refractivity contribution in [1.82, 2.24) is 14.8 Å². The number of halogens is 1. The van der Waals surface area contributed by atoms with Crippen LogP contribution >= 0.6 is 11.6 Å². The van der Waals surface area contributed by atoms with Gasteiger partial charge in [-0.05, 0) is 12.1 Å². The lowest BCUT2D eigenvalue weighted by molar-refractivity contribution is 0.863. The lowest BCUT2D eigenvalue weighted by Crippen LogP contribution is -2.00. The second-order valence-electron chi connectivity index (χ2n) is 2.56. The molecule has 0 saturated heterocycles. The Morgan fingerprint density at radius 3 is 2.86 bits per heavy atom. The van der Waals surface area contributed by atoms with E-state index in [9.17, 15) is 0 Å². The fraction of sp³-hybridized carbons (Fsp3) is 0. The Hall–Kier alpha value is -1.86. The van der Waals surface area contributed by atoms with E-state index in [-0.39, 0.29) is 5.82 Å². The summed E-state index contributed by atoms with van der Waals surface area (Å²) in [5, 5.41) is 13.2. The summed E-state index contributed by atoms with van der Waals surface area (Å²) in [5.41, 5.74) is 0.656. The van der Waals surface area contributed by atoms with E-state index in [0.717, 1.165) is 0 Å². The molecule has 0 radical (unpaired) electrons. The van der Waals surface area contributed by atoms with Gasteiger partial charge in [-0.2, -0.15) is 10.4 Å². The molecule has 0 aliphatic heterocycles. The molecule has 0 spiro atoms. The highest BCUT2D eigenvalue weighted by molar-refractivity contribution is 6.32. The van der Waals surface area contributed by atoms with Gasteiger partial charge >= 0.3 is 0 Å². The van der Waals surface area contributed by atoms with Gasteiger partial charge in [-0.1, -0.05) is 23.7 Å². The molecule has 0 aliphatic carbocycles. The van der Waals surface area contributed by atoms with Crippen molar-refractivity contribution in [1.29, 1.82) is 5.26 Å². The molecule has 0 N–H and O–H groups in total. The van der Waals surface area contributed by atoms with Crippen LogP contribution in [0.2, 0.25) is 5.02 Å². The summed E-state index contributed by atoms with van der Waals surface area (Å²) in [4.78, 5) is 3.78. The Kier molecular flexibility index (Phi) is 2.17. The van der Waals surface area contributed by atoms with Crippen LogP contribution in [-0.4, -0.2) is 14.8 Å². The molecular weight excluding hydrogens is 200 g/mol. The third kappa shape index (κ3) is 1.34. The van der Waals surface area contributed by atoms with E-state index in [1.165, 1.54) is 11.0 Å². The fourth-order valence-electron chi connectivity index (χ4n) is 1.12. The van der Waals surface area contributed by atoms with E-state index in [1.807, 2.05) is 18.2 Å². The molecule has 1 aromatic carbocycles. The number of nitrogens with zero attached hydrogens (tertiary/aromatic N) is 4.